The van der Waals surface area contributed by atoms with Gasteiger partial charge in [0.25, 0.3) is 0 Å². The van der Waals surface area contributed by atoms with Gasteiger partial charge in [-0.1, -0.05) is 55.3 Å². The lowest BCUT2D eigenvalue weighted by molar-refractivity contribution is -0.130. The predicted octanol–water partition coefficient (Wildman–Crippen LogP) is 3.92. The molecule has 0 aromatic heterocycles. The molecule has 2 aromatic carbocycles. The molecule has 1 aliphatic heterocycles. The maximum atomic E-state index is 12.6. The predicted molar refractivity (Wildman–Crippen MR) is 104 cm³/mol. The van der Waals surface area contributed by atoms with E-state index in [1.54, 1.807) is 12.1 Å². The van der Waals surface area contributed by atoms with Gasteiger partial charge in [-0.3, -0.25) is 4.79 Å². The third-order valence-electron chi connectivity index (χ3n) is 4.86. The van der Waals surface area contributed by atoms with Gasteiger partial charge in [-0.15, -0.1) is 0 Å². The minimum atomic E-state index is -3.45. The van der Waals surface area contributed by atoms with E-state index in [0.29, 0.717) is 0 Å². The molecule has 5 heteroatoms. The van der Waals surface area contributed by atoms with Gasteiger partial charge in [0.2, 0.25) is 5.91 Å². The molecule has 0 spiro atoms. The number of hydrogen-bond donors (Lipinski definition) is 0. The molecule has 4 nitrogen and oxygen atoms in total. The number of sulfone groups is 1. The molecule has 138 valence electrons. The SMILES string of the molecule is O=C(CCS(=O)(=O)c1ccc(-c2ccccc2)cc1)N1CCCCCC1. The smallest absolute Gasteiger partial charge is 0.223 e. The molecule has 0 unspecified atom stereocenters. The van der Waals surface area contributed by atoms with E-state index >= 15 is 0 Å². The van der Waals surface area contributed by atoms with Crippen LogP contribution in [0.2, 0.25) is 0 Å². The molecular weight excluding hydrogens is 346 g/mol. The summed E-state index contributed by atoms with van der Waals surface area (Å²) in [5.41, 5.74) is 2.03. The van der Waals surface area contributed by atoms with Crippen LogP contribution in [0.3, 0.4) is 0 Å². The molecular formula is C21H25NO3S. The average molecular weight is 372 g/mol. The van der Waals surface area contributed by atoms with Crippen LogP contribution >= 0.6 is 0 Å². The fourth-order valence-corrected chi connectivity index (χ4v) is 4.53. The molecule has 1 amide bonds. The first kappa shape index (κ1) is 18.6. The number of carbonyl (C=O) groups excluding carboxylic acids is 1. The summed E-state index contributed by atoms with van der Waals surface area (Å²) in [6, 6.07) is 16.7. The van der Waals surface area contributed by atoms with Crippen LogP contribution < -0.4 is 0 Å². The summed E-state index contributed by atoms with van der Waals surface area (Å²) in [4.78, 5) is 14.4. The topological polar surface area (TPSA) is 54.5 Å². The van der Waals surface area contributed by atoms with E-state index in [1.165, 1.54) is 0 Å². The van der Waals surface area contributed by atoms with E-state index in [9.17, 15) is 13.2 Å². The Morgan fingerprint density at radius 1 is 0.808 bits per heavy atom. The minimum absolute atomic E-state index is 0.0450. The molecule has 1 aliphatic rings. The van der Waals surface area contributed by atoms with Crippen molar-refractivity contribution in [2.75, 3.05) is 18.8 Å². The van der Waals surface area contributed by atoms with Crippen LogP contribution in [0.5, 0.6) is 0 Å². The number of rotatable bonds is 5. The maximum absolute atomic E-state index is 12.6. The van der Waals surface area contributed by atoms with Crippen LogP contribution in [0.25, 0.3) is 11.1 Å². The van der Waals surface area contributed by atoms with Crippen molar-refractivity contribution in [2.45, 2.75) is 37.0 Å². The lowest BCUT2D eigenvalue weighted by Crippen LogP contribution is -2.33. The fraction of sp³-hybridized carbons (Fsp3) is 0.381. The molecule has 26 heavy (non-hydrogen) atoms. The number of benzene rings is 2. The Kier molecular flexibility index (Phi) is 6.09. The molecule has 0 saturated carbocycles. The summed E-state index contributed by atoms with van der Waals surface area (Å²) in [5, 5.41) is 0. The summed E-state index contributed by atoms with van der Waals surface area (Å²) in [6.45, 7) is 1.51. The second-order valence-electron chi connectivity index (χ2n) is 6.75. The van der Waals surface area contributed by atoms with Gasteiger partial charge in [0, 0.05) is 19.5 Å². The van der Waals surface area contributed by atoms with E-state index in [2.05, 4.69) is 0 Å². The van der Waals surface area contributed by atoms with Gasteiger partial charge in [-0.25, -0.2) is 8.42 Å². The summed E-state index contributed by atoms with van der Waals surface area (Å²) >= 11 is 0. The zero-order valence-corrected chi connectivity index (χ0v) is 15.7. The van der Waals surface area contributed by atoms with E-state index in [4.69, 9.17) is 0 Å². The van der Waals surface area contributed by atoms with Crippen LogP contribution in [0.15, 0.2) is 59.5 Å². The highest BCUT2D eigenvalue weighted by atomic mass is 32.2. The summed E-state index contributed by atoms with van der Waals surface area (Å²) < 4.78 is 25.1. The molecule has 1 heterocycles. The van der Waals surface area contributed by atoms with Gasteiger partial charge in [-0.2, -0.15) is 0 Å². The first-order chi connectivity index (χ1) is 12.6. The standard InChI is InChI=1S/C21H25NO3S/c23-21(22-15-6-1-2-7-16-22)14-17-26(24,25)20-12-10-19(11-13-20)18-8-4-3-5-9-18/h3-5,8-13H,1-2,6-7,14-17H2. The highest BCUT2D eigenvalue weighted by Crippen LogP contribution is 2.22. The lowest BCUT2D eigenvalue weighted by atomic mass is 10.1. The van der Waals surface area contributed by atoms with Crippen molar-refractivity contribution in [3.05, 3.63) is 54.6 Å². The van der Waals surface area contributed by atoms with Crippen molar-refractivity contribution in [3.63, 3.8) is 0 Å². The van der Waals surface area contributed by atoms with Gasteiger partial charge in [0.05, 0.1) is 10.6 Å². The number of carbonyl (C=O) groups is 1. The molecule has 0 atom stereocenters. The van der Waals surface area contributed by atoms with Crippen molar-refractivity contribution in [1.29, 1.82) is 0 Å². The molecule has 0 bridgehead atoms. The van der Waals surface area contributed by atoms with Crippen molar-refractivity contribution < 1.29 is 13.2 Å². The summed E-state index contributed by atoms with van der Waals surface area (Å²) in [7, 11) is -3.45. The lowest BCUT2D eigenvalue weighted by Gasteiger charge is -2.20. The molecule has 0 radical (unpaired) electrons. The largest absolute Gasteiger partial charge is 0.343 e. The van der Waals surface area contributed by atoms with Crippen LogP contribution in [0.4, 0.5) is 0 Å². The van der Waals surface area contributed by atoms with Crippen LogP contribution in [-0.4, -0.2) is 38.1 Å². The molecule has 3 rings (SSSR count). The number of likely N-dealkylation sites (tertiary alicyclic amines) is 1. The van der Waals surface area contributed by atoms with Gasteiger partial charge >= 0.3 is 0 Å². The Morgan fingerprint density at radius 3 is 2.00 bits per heavy atom. The highest BCUT2D eigenvalue weighted by molar-refractivity contribution is 7.91. The van der Waals surface area contributed by atoms with Crippen molar-refractivity contribution in [3.8, 4) is 11.1 Å². The van der Waals surface area contributed by atoms with Gasteiger partial charge in [0.15, 0.2) is 9.84 Å². The normalized spacial score (nSPS) is 15.5. The average Bonchev–Trinajstić information content (AvgIpc) is 2.97. The van der Waals surface area contributed by atoms with E-state index in [-0.39, 0.29) is 23.0 Å². The van der Waals surface area contributed by atoms with E-state index in [1.807, 2.05) is 47.4 Å². The quantitative estimate of drug-likeness (QED) is 0.800. The maximum Gasteiger partial charge on any atom is 0.223 e. The monoisotopic (exact) mass is 371 g/mol. The van der Waals surface area contributed by atoms with Crippen LogP contribution in [0, 0.1) is 0 Å². The van der Waals surface area contributed by atoms with E-state index < -0.39 is 9.84 Å². The van der Waals surface area contributed by atoms with E-state index in [0.717, 1.165) is 49.9 Å². The third kappa shape index (κ3) is 4.73. The Balaban J connectivity index is 1.63. The van der Waals surface area contributed by atoms with Gasteiger partial charge < -0.3 is 4.90 Å². The van der Waals surface area contributed by atoms with Crippen molar-refractivity contribution in [2.24, 2.45) is 0 Å². The summed E-state index contributed by atoms with van der Waals surface area (Å²) in [6.07, 6.45) is 4.38. The highest BCUT2D eigenvalue weighted by Gasteiger charge is 2.20. The van der Waals surface area contributed by atoms with Crippen molar-refractivity contribution >= 4 is 15.7 Å². The summed E-state index contributed by atoms with van der Waals surface area (Å²) in [5.74, 6) is -0.177. The molecule has 1 fully saturated rings. The second-order valence-corrected chi connectivity index (χ2v) is 8.86. The number of amides is 1. The van der Waals surface area contributed by atoms with Crippen LogP contribution in [-0.2, 0) is 14.6 Å². The molecule has 0 aliphatic carbocycles. The first-order valence-corrected chi connectivity index (χ1v) is 10.9. The Hall–Kier alpha value is -2.14. The first-order valence-electron chi connectivity index (χ1n) is 9.22. The number of nitrogens with zero attached hydrogens (tertiary/aromatic N) is 1. The van der Waals surface area contributed by atoms with Crippen LogP contribution in [0.1, 0.15) is 32.1 Å². The molecule has 2 aromatic rings. The number of hydrogen-bond acceptors (Lipinski definition) is 3. The minimum Gasteiger partial charge on any atom is -0.343 e. The molecule has 1 saturated heterocycles. The van der Waals surface area contributed by atoms with Gasteiger partial charge in [0.1, 0.15) is 0 Å². The second kappa shape index (κ2) is 8.49. The zero-order chi connectivity index (χ0) is 18.4. The zero-order valence-electron chi connectivity index (χ0n) is 14.9. The molecule has 0 N–H and O–H groups in total. The fourth-order valence-electron chi connectivity index (χ4n) is 3.30. The Morgan fingerprint density at radius 2 is 1.38 bits per heavy atom. The Labute approximate surface area is 155 Å². The third-order valence-corrected chi connectivity index (χ3v) is 6.60. The van der Waals surface area contributed by atoms with Gasteiger partial charge in [-0.05, 0) is 36.1 Å². The Bertz CT molecular complexity index is 821. The van der Waals surface area contributed by atoms with Crippen molar-refractivity contribution in [1.82, 2.24) is 4.90 Å².